The Labute approximate surface area is 121 Å². The molecule has 0 N–H and O–H groups in total. The molecule has 1 aromatic carbocycles. The lowest BCUT2D eigenvalue weighted by molar-refractivity contribution is -0.393. The summed E-state index contributed by atoms with van der Waals surface area (Å²) < 4.78 is 0. The van der Waals surface area contributed by atoms with E-state index >= 15 is 0 Å². The molecule has 3 rings (SSSR count). The number of rotatable bonds is 3. The minimum atomic E-state index is -0.612. The summed E-state index contributed by atoms with van der Waals surface area (Å²) in [5.41, 5.74) is -0.166. The standard InChI is InChI=1S/C13H16N4O4/c1-14-13(7-3-2-4-8-13)15(14)11-6-5-10(16(18)19)9-12(11)17(20)21/h5-6,9H,2-4,7-8H2,1H3. The average molecular weight is 292 g/mol. The number of nitro benzene ring substituents is 2. The lowest BCUT2D eigenvalue weighted by Gasteiger charge is -2.20. The summed E-state index contributed by atoms with van der Waals surface area (Å²) in [5.74, 6) is 0. The SMILES string of the molecule is CN1N(c2ccc([N+](=O)[O-])cc2[N+](=O)[O-])C12CCCCC2. The van der Waals surface area contributed by atoms with Crippen molar-refractivity contribution < 1.29 is 9.85 Å². The number of nitro groups is 2. The van der Waals surface area contributed by atoms with Crippen LogP contribution in [0.2, 0.25) is 0 Å². The number of benzene rings is 1. The van der Waals surface area contributed by atoms with E-state index in [-0.39, 0.29) is 17.0 Å². The summed E-state index contributed by atoms with van der Waals surface area (Å²) in [5, 5.41) is 26.0. The third-order valence-electron chi connectivity index (χ3n) is 4.51. The van der Waals surface area contributed by atoms with Crippen molar-refractivity contribution in [1.29, 1.82) is 0 Å². The first-order chi connectivity index (χ1) is 9.97. The molecule has 1 heterocycles. The van der Waals surface area contributed by atoms with Crippen LogP contribution in [-0.4, -0.2) is 27.6 Å². The molecule has 8 heteroatoms. The minimum Gasteiger partial charge on any atom is -0.275 e. The van der Waals surface area contributed by atoms with Gasteiger partial charge in [0.25, 0.3) is 5.69 Å². The van der Waals surface area contributed by atoms with Crippen LogP contribution in [0.1, 0.15) is 32.1 Å². The van der Waals surface area contributed by atoms with Crippen molar-refractivity contribution in [1.82, 2.24) is 5.01 Å². The summed E-state index contributed by atoms with van der Waals surface area (Å²) in [7, 11) is 1.91. The predicted octanol–water partition coefficient (Wildman–Crippen LogP) is 2.83. The molecule has 0 radical (unpaired) electrons. The molecule has 1 spiro atoms. The van der Waals surface area contributed by atoms with Crippen molar-refractivity contribution in [3.05, 3.63) is 38.4 Å². The molecule has 1 atom stereocenters. The average Bonchev–Trinajstić information content (AvgIpc) is 3.01. The molecule has 1 saturated heterocycles. The van der Waals surface area contributed by atoms with Crippen molar-refractivity contribution in [3.63, 3.8) is 0 Å². The maximum atomic E-state index is 11.2. The van der Waals surface area contributed by atoms with Crippen LogP contribution in [0.3, 0.4) is 0 Å². The van der Waals surface area contributed by atoms with Crippen molar-refractivity contribution in [3.8, 4) is 0 Å². The first-order valence-corrected chi connectivity index (χ1v) is 6.94. The van der Waals surface area contributed by atoms with E-state index in [0.29, 0.717) is 5.69 Å². The Bertz CT molecular complexity index is 612. The molecule has 0 amide bonds. The van der Waals surface area contributed by atoms with E-state index in [4.69, 9.17) is 0 Å². The topological polar surface area (TPSA) is 92.3 Å². The van der Waals surface area contributed by atoms with Gasteiger partial charge in [0.05, 0.1) is 15.9 Å². The minimum absolute atomic E-state index is 0.140. The highest BCUT2D eigenvalue weighted by Crippen LogP contribution is 2.53. The highest BCUT2D eigenvalue weighted by molar-refractivity contribution is 5.70. The molecule has 1 aliphatic heterocycles. The predicted molar refractivity (Wildman–Crippen MR) is 75.8 cm³/mol. The zero-order valence-electron chi connectivity index (χ0n) is 11.7. The molecule has 1 aliphatic carbocycles. The van der Waals surface area contributed by atoms with Gasteiger partial charge < -0.3 is 0 Å². The van der Waals surface area contributed by atoms with Gasteiger partial charge in [-0.15, -0.1) is 0 Å². The maximum absolute atomic E-state index is 11.2. The molecule has 0 bridgehead atoms. The smallest absolute Gasteiger partial charge is 0.275 e. The van der Waals surface area contributed by atoms with E-state index in [1.54, 1.807) is 0 Å². The Morgan fingerprint density at radius 1 is 1.10 bits per heavy atom. The molecule has 0 aromatic heterocycles. The van der Waals surface area contributed by atoms with Crippen LogP contribution in [0.25, 0.3) is 0 Å². The van der Waals surface area contributed by atoms with Crippen LogP contribution in [0.4, 0.5) is 17.1 Å². The number of hydrogen-bond donors (Lipinski definition) is 0. The lowest BCUT2D eigenvalue weighted by atomic mass is 9.92. The van der Waals surface area contributed by atoms with Gasteiger partial charge in [0, 0.05) is 13.1 Å². The van der Waals surface area contributed by atoms with E-state index in [9.17, 15) is 20.2 Å². The first kappa shape index (κ1) is 13.7. The van der Waals surface area contributed by atoms with Crippen LogP contribution in [0.5, 0.6) is 0 Å². The third kappa shape index (κ3) is 2.02. The van der Waals surface area contributed by atoms with E-state index in [0.717, 1.165) is 31.7 Å². The van der Waals surface area contributed by atoms with E-state index < -0.39 is 9.85 Å². The highest BCUT2D eigenvalue weighted by Gasteiger charge is 2.60. The summed E-state index contributed by atoms with van der Waals surface area (Å²) in [4.78, 5) is 20.9. The Morgan fingerprint density at radius 3 is 2.33 bits per heavy atom. The van der Waals surface area contributed by atoms with E-state index in [2.05, 4.69) is 0 Å². The van der Waals surface area contributed by atoms with E-state index in [1.165, 1.54) is 18.6 Å². The molecular formula is C13H16N4O4. The Hall–Kier alpha value is -2.22. The Morgan fingerprint density at radius 2 is 1.76 bits per heavy atom. The zero-order valence-corrected chi connectivity index (χ0v) is 11.7. The largest absolute Gasteiger partial charge is 0.300 e. The van der Waals surface area contributed by atoms with Crippen LogP contribution < -0.4 is 5.01 Å². The normalized spacial score (nSPS) is 23.1. The van der Waals surface area contributed by atoms with Crippen molar-refractivity contribution in [2.45, 2.75) is 37.8 Å². The van der Waals surface area contributed by atoms with Crippen molar-refractivity contribution in [2.24, 2.45) is 0 Å². The first-order valence-electron chi connectivity index (χ1n) is 6.94. The second kappa shape index (κ2) is 4.66. The molecule has 112 valence electrons. The molecule has 1 saturated carbocycles. The van der Waals surface area contributed by atoms with Crippen LogP contribution in [0.15, 0.2) is 18.2 Å². The number of anilines is 1. The number of hydrazine groups is 1. The lowest BCUT2D eigenvalue weighted by Crippen LogP contribution is -2.23. The summed E-state index contributed by atoms with van der Waals surface area (Å²) >= 11 is 0. The molecule has 1 unspecified atom stereocenters. The molecule has 1 aromatic rings. The highest BCUT2D eigenvalue weighted by atomic mass is 16.6. The number of nitrogens with zero attached hydrogens (tertiary/aromatic N) is 4. The third-order valence-corrected chi connectivity index (χ3v) is 4.51. The molecular weight excluding hydrogens is 276 g/mol. The van der Waals surface area contributed by atoms with E-state index in [1.807, 2.05) is 17.1 Å². The molecule has 2 aliphatic rings. The number of non-ortho nitro benzene ring substituents is 1. The fraction of sp³-hybridized carbons (Fsp3) is 0.538. The second-order valence-corrected chi connectivity index (χ2v) is 5.57. The van der Waals surface area contributed by atoms with Gasteiger partial charge in [-0.05, 0) is 31.7 Å². The van der Waals surface area contributed by atoms with Crippen molar-refractivity contribution in [2.75, 3.05) is 12.1 Å². The monoisotopic (exact) mass is 292 g/mol. The van der Waals surface area contributed by atoms with Gasteiger partial charge >= 0.3 is 5.69 Å². The summed E-state index contributed by atoms with van der Waals surface area (Å²) in [6.07, 6.45) is 5.32. The Kier molecular flexibility index (Phi) is 3.05. The fourth-order valence-corrected chi connectivity index (χ4v) is 3.39. The van der Waals surface area contributed by atoms with Gasteiger partial charge in [-0.2, -0.15) is 5.01 Å². The fourth-order valence-electron chi connectivity index (χ4n) is 3.39. The Balaban J connectivity index is 1.99. The summed E-state index contributed by atoms with van der Waals surface area (Å²) in [6.45, 7) is 0. The zero-order chi connectivity index (χ0) is 15.2. The molecule has 8 nitrogen and oxygen atoms in total. The molecule has 2 fully saturated rings. The van der Waals surface area contributed by atoms with Crippen LogP contribution in [0, 0.1) is 20.2 Å². The van der Waals surface area contributed by atoms with Gasteiger partial charge in [0.15, 0.2) is 0 Å². The number of hydrogen-bond acceptors (Lipinski definition) is 6. The quantitative estimate of drug-likeness (QED) is 0.483. The van der Waals surface area contributed by atoms with Crippen molar-refractivity contribution >= 4 is 17.1 Å². The van der Waals surface area contributed by atoms with Gasteiger partial charge in [-0.3, -0.25) is 25.2 Å². The van der Waals surface area contributed by atoms with Gasteiger partial charge in [0.1, 0.15) is 11.4 Å². The van der Waals surface area contributed by atoms with Crippen LogP contribution >= 0.6 is 0 Å². The van der Waals surface area contributed by atoms with Gasteiger partial charge in [0.2, 0.25) is 0 Å². The molecule has 21 heavy (non-hydrogen) atoms. The van der Waals surface area contributed by atoms with Gasteiger partial charge in [-0.1, -0.05) is 6.42 Å². The maximum Gasteiger partial charge on any atom is 0.300 e. The van der Waals surface area contributed by atoms with Crippen LogP contribution in [-0.2, 0) is 0 Å². The second-order valence-electron chi connectivity index (χ2n) is 5.57. The summed E-state index contributed by atoms with van der Waals surface area (Å²) in [6, 6.07) is 3.85. The van der Waals surface area contributed by atoms with Gasteiger partial charge in [-0.25, -0.2) is 0 Å².